The highest BCUT2D eigenvalue weighted by molar-refractivity contribution is 8.29. The molecule has 0 bridgehead atoms. The number of para-hydroxylation sites is 1. The van der Waals surface area contributed by atoms with Gasteiger partial charge in [-0.05, 0) is 84.6 Å². The number of benzene rings is 3. The molecule has 5 rings (SSSR count). The molecule has 1 aliphatic carbocycles. The van der Waals surface area contributed by atoms with Gasteiger partial charge in [0.25, 0.3) is 0 Å². The van der Waals surface area contributed by atoms with Gasteiger partial charge in [0.2, 0.25) is 0 Å². The van der Waals surface area contributed by atoms with Gasteiger partial charge in [0, 0.05) is 17.5 Å². The second-order valence-electron chi connectivity index (χ2n) is 8.23. The van der Waals surface area contributed by atoms with Gasteiger partial charge in [-0.25, -0.2) is 9.98 Å². The summed E-state index contributed by atoms with van der Waals surface area (Å²) in [5.74, 6) is 2.01. The van der Waals surface area contributed by atoms with Crippen LogP contribution in [-0.4, -0.2) is 36.0 Å². The molecule has 8 nitrogen and oxygen atoms in total. The second kappa shape index (κ2) is 12.1. The SMILES string of the molecule is COc1ccc(N=C2SC(=NNC=C3C=CC=CC3=O)N(c3ccccc3)C2=Nc2ccc(OC)cc2)cc1. The number of rotatable bonds is 7. The molecule has 1 fully saturated rings. The molecule has 1 saturated heterocycles. The maximum atomic E-state index is 12.1. The zero-order valence-corrected chi connectivity index (χ0v) is 22.1. The maximum absolute atomic E-state index is 12.1. The highest BCUT2D eigenvalue weighted by Gasteiger charge is 2.35. The van der Waals surface area contributed by atoms with Crippen molar-refractivity contribution in [2.24, 2.45) is 15.1 Å². The van der Waals surface area contributed by atoms with Crippen molar-refractivity contribution in [1.29, 1.82) is 0 Å². The number of carbonyl (C=O) groups is 1. The smallest absolute Gasteiger partial charge is 0.200 e. The Hall–Kier alpha value is -4.89. The maximum Gasteiger partial charge on any atom is 0.200 e. The van der Waals surface area contributed by atoms with Crippen LogP contribution in [0, 0.1) is 0 Å². The van der Waals surface area contributed by atoms with Gasteiger partial charge in [-0.15, -0.1) is 5.10 Å². The Morgan fingerprint density at radius 3 is 2.03 bits per heavy atom. The zero-order valence-electron chi connectivity index (χ0n) is 21.3. The number of methoxy groups -OCH3 is 2. The van der Waals surface area contributed by atoms with Crippen molar-refractivity contribution in [1.82, 2.24) is 5.43 Å². The van der Waals surface area contributed by atoms with Crippen molar-refractivity contribution in [2.45, 2.75) is 0 Å². The van der Waals surface area contributed by atoms with Crippen LogP contribution < -0.4 is 19.8 Å². The van der Waals surface area contributed by atoms with Gasteiger partial charge >= 0.3 is 0 Å². The average Bonchev–Trinajstić information content (AvgIpc) is 3.31. The van der Waals surface area contributed by atoms with E-state index in [0.29, 0.717) is 21.6 Å². The Balaban J connectivity index is 1.59. The summed E-state index contributed by atoms with van der Waals surface area (Å²) in [6, 6.07) is 24.8. The molecular weight excluding hydrogens is 510 g/mol. The molecule has 0 radical (unpaired) electrons. The van der Waals surface area contributed by atoms with Crippen molar-refractivity contribution in [2.75, 3.05) is 19.1 Å². The first-order valence-corrected chi connectivity index (χ1v) is 12.9. The largest absolute Gasteiger partial charge is 0.497 e. The fraction of sp³-hybridized carbons (Fsp3) is 0.0667. The lowest BCUT2D eigenvalue weighted by atomic mass is 10.1. The summed E-state index contributed by atoms with van der Waals surface area (Å²) in [5.41, 5.74) is 5.79. The van der Waals surface area contributed by atoms with E-state index in [0.717, 1.165) is 28.6 Å². The van der Waals surface area contributed by atoms with E-state index in [1.807, 2.05) is 89.8 Å². The number of nitrogens with zero attached hydrogens (tertiary/aromatic N) is 4. The van der Waals surface area contributed by atoms with Crippen LogP contribution in [0.3, 0.4) is 0 Å². The Bertz CT molecular complexity index is 1520. The van der Waals surface area contributed by atoms with Crippen LogP contribution in [0.5, 0.6) is 11.5 Å². The lowest BCUT2D eigenvalue weighted by molar-refractivity contribution is -0.111. The van der Waals surface area contributed by atoms with Crippen LogP contribution in [0.15, 0.2) is 130 Å². The molecule has 3 aromatic carbocycles. The van der Waals surface area contributed by atoms with Gasteiger partial charge in [-0.3, -0.25) is 15.1 Å². The molecule has 0 spiro atoms. The van der Waals surface area contributed by atoms with Crippen molar-refractivity contribution >= 4 is 50.7 Å². The minimum Gasteiger partial charge on any atom is -0.497 e. The number of hydrazone groups is 1. The van der Waals surface area contributed by atoms with E-state index in [9.17, 15) is 4.79 Å². The predicted molar refractivity (Wildman–Crippen MR) is 159 cm³/mol. The molecule has 0 unspecified atom stereocenters. The highest BCUT2D eigenvalue weighted by atomic mass is 32.2. The fourth-order valence-electron chi connectivity index (χ4n) is 3.73. The second-order valence-corrected chi connectivity index (χ2v) is 9.18. The number of ether oxygens (including phenoxy) is 2. The first-order valence-electron chi connectivity index (χ1n) is 12.1. The first-order chi connectivity index (χ1) is 19.1. The number of carbonyl (C=O) groups excluding carboxylic acids is 1. The summed E-state index contributed by atoms with van der Waals surface area (Å²) < 4.78 is 10.6. The number of aliphatic imine (C=N–C) groups is 2. The van der Waals surface area contributed by atoms with E-state index < -0.39 is 0 Å². The van der Waals surface area contributed by atoms with Crippen molar-refractivity contribution in [3.8, 4) is 11.5 Å². The molecule has 194 valence electrons. The van der Waals surface area contributed by atoms with Crippen LogP contribution in [0.4, 0.5) is 17.1 Å². The summed E-state index contributed by atoms with van der Waals surface area (Å²) in [6.07, 6.45) is 8.35. The molecule has 0 saturated carbocycles. The average molecular weight is 536 g/mol. The molecule has 0 amide bonds. The molecule has 0 atom stereocenters. The Morgan fingerprint density at radius 2 is 1.41 bits per heavy atom. The van der Waals surface area contributed by atoms with E-state index in [1.54, 1.807) is 32.6 Å². The van der Waals surface area contributed by atoms with Crippen LogP contribution in [-0.2, 0) is 4.79 Å². The number of anilines is 1. The number of hydrogen-bond donors (Lipinski definition) is 1. The van der Waals surface area contributed by atoms with Crippen LogP contribution in [0.1, 0.15) is 0 Å². The highest BCUT2D eigenvalue weighted by Crippen LogP contribution is 2.33. The van der Waals surface area contributed by atoms with Gasteiger partial charge in [0.1, 0.15) is 16.5 Å². The lowest BCUT2D eigenvalue weighted by Crippen LogP contribution is -2.31. The first kappa shape index (κ1) is 25.7. The van der Waals surface area contributed by atoms with E-state index in [1.165, 1.54) is 17.8 Å². The minimum atomic E-state index is -0.0901. The van der Waals surface area contributed by atoms with Crippen molar-refractivity contribution in [3.63, 3.8) is 0 Å². The van der Waals surface area contributed by atoms with Crippen LogP contribution in [0.2, 0.25) is 0 Å². The number of nitrogens with one attached hydrogen (secondary N) is 1. The lowest BCUT2D eigenvalue weighted by Gasteiger charge is -2.18. The normalized spacial score (nSPS) is 18.9. The number of amidine groups is 2. The van der Waals surface area contributed by atoms with E-state index >= 15 is 0 Å². The fourth-order valence-corrected chi connectivity index (χ4v) is 4.66. The molecule has 1 heterocycles. The van der Waals surface area contributed by atoms with E-state index in [2.05, 4.69) is 10.5 Å². The Kier molecular flexibility index (Phi) is 7.99. The molecule has 39 heavy (non-hydrogen) atoms. The third kappa shape index (κ3) is 6.16. The number of allylic oxidation sites excluding steroid dienone is 5. The standard InChI is InChI=1S/C30H25N5O3S/c1-37-25-16-12-22(13-17-25)32-28-29(33-23-14-18-26(38-2)19-15-23)39-30(35(28)24-9-4-3-5-10-24)34-31-20-21-8-6-7-11-27(21)36/h3-20,31H,1-2H3. The van der Waals surface area contributed by atoms with Gasteiger partial charge < -0.3 is 9.47 Å². The Morgan fingerprint density at radius 1 is 0.795 bits per heavy atom. The number of ketones is 1. The van der Waals surface area contributed by atoms with E-state index in [-0.39, 0.29) is 5.78 Å². The van der Waals surface area contributed by atoms with Gasteiger partial charge in [-0.2, -0.15) is 0 Å². The summed E-state index contributed by atoms with van der Waals surface area (Å²) in [7, 11) is 3.26. The molecule has 0 aromatic heterocycles. The minimum absolute atomic E-state index is 0.0901. The molecule has 1 N–H and O–H groups in total. The molecule has 2 aliphatic rings. The molecule has 1 aliphatic heterocycles. The quantitative estimate of drug-likeness (QED) is 0.288. The van der Waals surface area contributed by atoms with Gasteiger partial charge in [0.05, 0.1) is 25.6 Å². The van der Waals surface area contributed by atoms with Crippen LogP contribution in [0.25, 0.3) is 0 Å². The van der Waals surface area contributed by atoms with Crippen LogP contribution >= 0.6 is 11.8 Å². The summed E-state index contributed by atoms with van der Waals surface area (Å²) >= 11 is 1.37. The van der Waals surface area contributed by atoms with E-state index in [4.69, 9.17) is 19.5 Å². The third-order valence-corrected chi connectivity index (χ3v) is 6.63. The summed E-state index contributed by atoms with van der Waals surface area (Å²) in [5, 5.41) is 5.87. The van der Waals surface area contributed by atoms with Crippen molar-refractivity contribution in [3.05, 3.63) is 115 Å². The summed E-state index contributed by atoms with van der Waals surface area (Å²) in [6.45, 7) is 0. The molecular formula is C30H25N5O3S. The number of hydrogen-bond acceptors (Lipinski definition) is 8. The number of thioether (sulfide) groups is 1. The third-order valence-electron chi connectivity index (χ3n) is 5.71. The van der Waals surface area contributed by atoms with Gasteiger partial charge in [-0.1, -0.05) is 30.4 Å². The summed E-state index contributed by atoms with van der Waals surface area (Å²) in [4.78, 5) is 24.0. The topological polar surface area (TPSA) is 87.9 Å². The van der Waals surface area contributed by atoms with Crippen molar-refractivity contribution < 1.29 is 14.3 Å². The predicted octanol–water partition coefficient (Wildman–Crippen LogP) is 6.16. The van der Waals surface area contributed by atoms with Gasteiger partial charge in [0.15, 0.2) is 16.8 Å². The Labute approximate surface area is 230 Å². The molecule has 3 aromatic rings. The monoisotopic (exact) mass is 535 g/mol. The molecule has 9 heteroatoms. The zero-order chi connectivity index (χ0) is 27.0.